The van der Waals surface area contributed by atoms with E-state index < -0.39 is 72.3 Å². The molecule has 13 heteroatoms. The van der Waals surface area contributed by atoms with Crippen LogP contribution >= 0.6 is 0 Å². The van der Waals surface area contributed by atoms with Gasteiger partial charge in [-0.15, -0.1) is 0 Å². The molecule has 1 amide bonds. The number of esters is 5. The first-order chi connectivity index (χ1) is 19.3. The molecule has 0 saturated carbocycles. The second kappa shape index (κ2) is 15.4. The van der Waals surface area contributed by atoms with Crippen LogP contribution in [0, 0.1) is 11.8 Å². The maximum Gasteiger partial charge on any atom is 0.328 e. The molecule has 0 aromatic heterocycles. The lowest BCUT2D eigenvalue weighted by atomic mass is 9.94. The molecule has 222 valence electrons. The normalized spacial score (nSPS) is 22.0. The van der Waals surface area contributed by atoms with Crippen LogP contribution in [0.3, 0.4) is 0 Å². The third-order valence-electron chi connectivity index (χ3n) is 5.58. The smallest absolute Gasteiger partial charge is 0.328 e. The highest BCUT2D eigenvalue weighted by Crippen LogP contribution is 2.29. The van der Waals surface area contributed by atoms with Gasteiger partial charge in [-0.05, 0) is 17.7 Å². The number of methoxy groups -OCH3 is 1. The van der Waals surface area contributed by atoms with Crippen molar-refractivity contribution < 1.29 is 57.2 Å². The van der Waals surface area contributed by atoms with Crippen molar-refractivity contribution in [2.24, 2.45) is 0 Å². The largest absolute Gasteiger partial charge is 0.467 e. The summed E-state index contributed by atoms with van der Waals surface area (Å²) < 4.78 is 32.0. The van der Waals surface area contributed by atoms with Gasteiger partial charge in [-0.3, -0.25) is 24.0 Å². The number of hydrogen-bond acceptors (Lipinski definition) is 12. The van der Waals surface area contributed by atoms with Gasteiger partial charge in [0.05, 0.1) is 7.11 Å². The van der Waals surface area contributed by atoms with Gasteiger partial charge in [0.2, 0.25) is 5.91 Å². The Labute approximate surface area is 237 Å². The van der Waals surface area contributed by atoms with Gasteiger partial charge in [0, 0.05) is 46.6 Å². The van der Waals surface area contributed by atoms with Crippen LogP contribution in [0.15, 0.2) is 24.3 Å². The van der Waals surface area contributed by atoms with E-state index in [2.05, 4.69) is 17.2 Å². The Hall–Kier alpha value is -4.44. The SMILES string of the molecule is COC(=O)[C@H](Cc1cccc(C#C[C@@H]2O[C@H](COC(C)=O)[C@H](OC(C)=O)[C@H](OC(C)=O)[C@H]2OC(C)=O)c1)NC(C)=O. The molecule has 2 rings (SSSR count). The lowest BCUT2D eigenvalue weighted by Gasteiger charge is -2.42. The van der Waals surface area contributed by atoms with Gasteiger partial charge in [-0.2, -0.15) is 0 Å². The first-order valence-corrected chi connectivity index (χ1v) is 12.6. The molecule has 0 bridgehead atoms. The summed E-state index contributed by atoms with van der Waals surface area (Å²) in [7, 11) is 1.21. The Morgan fingerprint density at radius 2 is 1.49 bits per heavy atom. The summed E-state index contributed by atoms with van der Waals surface area (Å²) in [5.74, 6) is 1.87. The van der Waals surface area contributed by atoms with E-state index in [-0.39, 0.29) is 13.0 Å². The zero-order valence-electron chi connectivity index (χ0n) is 23.6. The van der Waals surface area contributed by atoms with Crippen LogP contribution in [0.25, 0.3) is 0 Å². The van der Waals surface area contributed by atoms with Gasteiger partial charge >= 0.3 is 29.8 Å². The second-order valence-corrected chi connectivity index (χ2v) is 9.07. The van der Waals surface area contributed by atoms with Crippen molar-refractivity contribution in [2.45, 2.75) is 77.6 Å². The molecule has 13 nitrogen and oxygen atoms in total. The van der Waals surface area contributed by atoms with Crippen LogP contribution in [0.2, 0.25) is 0 Å². The van der Waals surface area contributed by atoms with E-state index in [1.165, 1.54) is 21.0 Å². The summed E-state index contributed by atoms with van der Waals surface area (Å²) >= 11 is 0. The Morgan fingerprint density at radius 3 is 2.05 bits per heavy atom. The number of carbonyl (C=O) groups is 6. The number of amides is 1. The van der Waals surface area contributed by atoms with Crippen molar-refractivity contribution in [1.82, 2.24) is 5.32 Å². The average molecular weight is 576 g/mol. The number of benzene rings is 1. The van der Waals surface area contributed by atoms with Crippen molar-refractivity contribution in [1.29, 1.82) is 0 Å². The van der Waals surface area contributed by atoms with Crippen LogP contribution in [0.5, 0.6) is 0 Å². The predicted molar refractivity (Wildman–Crippen MR) is 139 cm³/mol. The molecule has 1 heterocycles. The molecule has 1 aliphatic heterocycles. The van der Waals surface area contributed by atoms with Crippen molar-refractivity contribution in [3.63, 3.8) is 0 Å². The lowest BCUT2D eigenvalue weighted by molar-refractivity contribution is -0.242. The monoisotopic (exact) mass is 575 g/mol. The molecule has 0 radical (unpaired) electrons. The number of ether oxygens (including phenoxy) is 6. The van der Waals surface area contributed by atoms with Crippen LogP contribution in [0.4, 0.5) is 0 Å². The number of nitrogens with one attached hydrogen (secondary N) is 1. The second-order valence-electron chi connectivity index (χ2n) is 9.07. The highest BCUT2D eigenvalue weighted by molar-refractivity contribution is 5.83. The van der Waals surface area contributed by atoms with E-state index in [1.54, 1.807) is 24.3 Å². The van der Waals surface area contributed by atoms with Crippen LogP contribution in [0.1, 0.15) is 45.7 Å². The topological polar surface area (TPSA) is 170 Å². The Bertz CT molecular complexity index is 1220. The van der Waals surface area contributed by atoms with E-state index in [9.17, 15) is 28.8 Å². The van der Waals surface area contributed by atoms with Gasteiger partial charge < -0.3 is 33.7 Å². The highest BCUT2D eigenvalue weighted by Gasteiger charge is 2.51. The van der Waals surface area contributed by atoms with E-state index in [0.29, 0.717) is 11.1 Å². The van der Waals surface area contributed by atoms with Gasteiger partial charge in [-0.1, -0.05) is 24.0 Å². The van der Waals surface area contributed by atoms with Crippen LogP contribution in [-0.4, -0.2) is 86.0 Å². The molecule has 0 aliphatic carbocycles. The summed E-state index contributed by atoms with van der Waals surface area (Å²) in [6.45, 7) is 5.48. The van der Waals surface area contributed by atoms with Gasteiger partial charge in [0.25, 0.3) is 0 Å². The summed E-state index contributed by atoms with van der Waals surface area (Å²) in [6, 6.07) is 5.86. The molecule has 1 aromatic carbocycles. The standard InChI is InChI=1S/C28H33NO12/c1-15(30)29-22(28(35)36-6)13-21-9-7-8-20(12-21)10-11-23-25(38-17(3)32)27(40-19(5)34)26(39-18(4)33)24(41-23)14-37-16(2)31/h7-9,12,22-27H,13-14H2,1-6H3,(H,29,30)/t22-,23-,24+,25-,26-,27+/m0/s1. The number of hydrogen-bond donors (Lipinski definition) is 1. The molecule has 41 heavy (non-hydrogen) atoms. The molecule has 1 fully saturated rings. The summed E-state index contributed by atoms with van der Waals surface area (Å²) in [4.78, 5) is 70.9. The first-order valence-electron chi connectivity index (χ1n) is 12.6. The zero-order chi connectivity index (χ0) is 30.7. The molecule has 0 unspecified atom stereocenters. The van der Waals surface area contributed by atoms with E-state index in [0.717, 1.165) is 20.8 Å². The summed E-state index contributed by atoms with van der Waals surface area (Å²) in [5, 5.41) is 2.54. The number of carbonyl (C=O) groups excluding carboxylic acids is 6. The fourth-order valence-electron chi connectivity index (χ4n) is 4.09. The first kappa shape index (κ1) is 32.8. The van der Waals surface area contributed by atoms with Crippen molar-refractivity contribution in [2.75, 3.05) is 13.7 Å². The summed E-state index contributed by atoms with van der Waals surface area (Å²) in [6.07, 6.45) is -6.14. The van der Waals surface area contributed by atoms with Crippen LogP contribution in [-0.2, 0) is 63.6 Å². The summed E-state index contributed by atoms with van der Waals surface area (Å²) in [5.41, 5.74) is 1.13. The van der Waals surface area contributed by atoms with Gasteiger partial charge in [0.1, 0.15) is 18.8 Å². The minimum absolute atomic E-state index is 0.126. The van der Waals surface area contributed by atoms with E-state index in [1.807, 2.05) is 0 Å². The highest BCUT2D eigenvalue weighted by atomic mass is 16.7. The maximum atomic E-state index is 12.1. The third-order valence-corrected chi connectivity index (χ3v) is 5.58. The average Bonchev–Trinajstić information content (AvgIpc) is 2.87. The molecule has 1 saturated heterocycles. The van der Waals surface area contributed by atoms with E-state index >= 15 is 0 Å². The maximum absolute atomic E-state index is 12.1. The van der Waals surface area contributed by atoms with Gasteiger partial charge in [-0.25, -0.2) is 4.79 Å². The molecule has 6 atom stereocenters. The third kappa shape index (κ3) is 10.6. The quantitative estimate of drug-likeness (QED) is 0.244. The lowest BCUT2D eigenvalue weighted by Crippen LogP contribution is -2.62. The zero-order valence-corrected chi connectivity index (χ0v) is 23.6. The molecule has 1 aliphatic rings. The fraction of sp³-hybridized carbons (Fsp3) is 0.500. The minimum atomic E-state index is -1.33. The van der Waals surface area contributed by atoms with Crippen LogP contribution < -0.4 is 5.32 Å². The molecule has 1 N–H and O–H groups in total. The molecular formula is C28H33NO12. The van der Waals surface area contributed by atoms with Crippen molar-refractivity contribution in [3.05, 3.63) is 35.4 Å². The van der Waals surface area contributed by atoms with Crippen molar-refractivity contribution in [3.8, 4) is 11.8 Å². The fourth-order valence-corrected chi connectivity index (χ4v) is 4.09. The molecule has 0 spiro atoms. The minimum Gasteiger partial charge on any atom is -0.467 e. The molecule has 1 aromatic rings. The number of rotatable bonds is 9. The Morgan fingerprint density at radius 1 is 0.878 bits per heavy atom. The predicted octanol–water partition coefficient (Wildman–Crippen LogP) is 0.384. The Balaban J connectivity index is 2.47. The van der Waals surface area contributed by atoms with Crippen molar-refractivity contribution >= 4 is 35.8 Å². The Kier molecular flexibility index (Phi) is 12.3. The molecular weight excluding hydrogens is 542 g/mol. The van der Waals surface area contributed by atoms with E-state index in [4.69, 9.17) is 28.4 Å². The van der Waals surface area contributed by atoms with Gasteiger partial charge in [0.15, 0.2) is 24.4 Å².